The lowest BCUT2D eigenvalue weighted by molar-refractivity contribution is -0.111. The highest BCUT2D eigenvalue weighted by Gasteiger charge is 2.24. The number of carbonyl (C=O) groups is 3. The Morgan fingerprint density at radius 3 is 2.36 bits per heavy atom. The van der Waals surface area contributed by atoms with Crippen LogP contribution in [-0.4, -0.2) is 36.2 Å². The summed E-state index contributed by atoms with van der Waals surface area (Å²) in [7, 11) is 0. The van der Waals surface area contributed by atoms with Crippen molar-refractivity contribution in [3.8, 4) is 5.75 Å². The van der Waals surface area contributed by atoms with Crippen molar-refractivity contribution in [2.45, 2.75) is 25.9 Å². The van der Waals surface area contributed by atoms with Gasteiger partial charge in [0.25, 0.3) is 5.91 Å². The topological polar surface area (TPSA) is 140 Å². The van der Waals surface area contributed by atoms with E-state index in [4.69, 9.17) is 20.3 Å². The van der Waals surface area contributed by atoms with E-state index in [9.17, 15) is 14.4 Å². The van der Waals surface area contributed by atoms with Gasteiger partial charge >= 0.3 is 6.09 Å². The van der Waals surface area contributed by atoms with Gasteiger partial charge in [0.1, 0.15) is 18.5 Å². The van der Waals surface area contributed by atoms with Crippen LogP contribution < -0.4 is 21.1 Å². The van der Waals surface area contributed by atoms with Crippen molar-refractivity contribution < 1.29 is 29.0 Å². The number of ether oxygens (including phenoxy) is 2. The summed E-state index contributed by atoms with van der Waals surface area (Å²) in [6.07, 6.45) is 2.77. The average molecular weight is 532 g/mol. The van der Waals surface area contributed by atoms with Gasteiger partial charge in [-0.15, -0.1) is 0 Å². The number of para-hydroxylation sites is 2. The number of carbonyl (C=O) groups excluding carboxylic acids is 3. The number of hydrogen-bond donors (Lipinski definition) is 4. The van der Waals surface area contributed by atoms with Gasteiger partial charge in [-0.1, -0.05) is 55.5 Å². The lowest BCUT2D eigenvalue weighted by Gasteiger charge is -2.24. The summed E-state index contributed by atoms with van der Waals surface area (Å²) in [6.45, 7) is 1.98. The first-order valence-electron chi connectivity index (χ1n) is 12.6. The van der Waals surface area contributed by atoms with Crippen molar-refractivity contribution in [1.29, 1.82) is 0 Å². The van der Waals surface area contributed by atoms with E-state index in [2.05, 4.69) is 10.6 Å². The number of alkyl carbamates (subject to hydrolysis) is 1. The summed E-state index contributed by atoms with van der Waals surface area (Å²) < 4.78 is 11.1. The SMILES string of the molecule is C[C@H](CC/C=C/C(=O)Nc1ccccc1N)[C@H](OC(=O)NC(=O)c1ccccc1)c1ccc(OCCO)cc1. The number of rotatable bonds is 12. The summed E-state index contributed by atoms with van der Waals surface area (Å²) in [5.41, 5.74) is 7.93. The second kappa shape index (κ2) is 14.9. The first-order valence-corrected chi connectivity index (χ1v) is 12.6. The summed E-state index contributed by atoms with van der Waals surface area (Å²) in [6, 6.07) is 22.4. The molecular weight excluding hydrogens is 498 g/mol. The number of aliphatic hydroxyl groups excluding tert-OH is 1. The third kappa shape index (κ3) is 9.32. The molecule has 9 nitrogen and oxygen atoms in total. The molecule has 0 saturated heterocycles. The van der Waals surface area contributed by atoms with Gasteiger partial charge in [0, 0.05) is 5.56 Å². The lowest BCUT2D eigenvalue weighted by Crippen LogP contribution is -2.33. The Morgan fingerprint density at radius 1 is 0.974 bits per heavy atom. The van der Waals surface area contributed by atoms with E-state index < -0.39 is 18.1 Å². The van der Waals surface area contributed by atoms with E-state index in [-0.39, 0.29) is 25.0 Å². The van der Waals surface area contributed by atoms with Crippen LogP contribution >= 0.6 is 0 Å². The van der Waals surface area contributed by atoms with Gasteiger partial charge in [0.05, 0.1) is 18.0 Å². The molecule has 0 aliphatic carbocycles. The van der Waals surface area contributed by atoms with Crippen molar-refractivity contribution in [2.75, 3.05) is 24.3 Å². The summed E-state index contributed by atoms with van der Waals surface area (Å²) in [4.78, 5) is 37.3. The Morgan fingerprint density at radius 2 is 1.67 bits per heavy atom. The van der Waals surface area contributed by atoms with Crippen LogP contribution in [0.2, 0.25) is 0 Å². The maximum absolute atomic E-state index is 12.7. The van der Waals surface area contributed by atoms with Gasteiger partial charge in [0.15, 0.2) is 0 Å². The molecule has 0 spiro atoms. The molecule has 0 aromatic heterocycles. The smallest absolute Gasteiger partial charge is 0.414 e. The number of amides is 3. The maximum Gasteiger partial charge on any atom is 0.414 e. The molecule has 2 atom stereocenters. The molecule has 9 heteroatoms. The van der Waals surface area contributed by atoms with Gasteiger partial charge < -0.3 is 25.6 Å². The Kier molecular flexibility index (Phi) is 11.1. The quantitative estimate of drug-likeness (QED) is 0.193. The van der Waals surface area contributed by atoms with Gasteiger partial charge in [-0.2, -0.15) is 0 Å². The normalized spacial score (nSPS) is 12.4. The van der Waals surface area contributed by atoms with Crippen LogP contribution in [0, 0.1) is 5.92 Å². The van der Waals surface area contributed by atoms with Crippen LogP contribution in [0.4, 0.5) is 16.2 Å². The highest BCUT2D eigenvalue weighted by atomic mass is 16.6. The van der Waals surface area contributed by atoms with Crippen LogP contribution in [0.1, 0.15) is 41.8 Å². The van der Waals surface area contributed by atoms with Gasteiger partial charge in [-0.3, -0.25) is 14.9 Å². The first-order chi connectivity index (χ1) is 18.9. The third-order valence-corrected chi connectivity index (χ3v) is 5.85. The van der Waals surface area contributed by atoms with Gasteiger partial charge in [-0.25, -0.2) is 4.79 Å². The molecule has 3 aromatic carbocycles. The number of aliphatic hydroxyl groups is 1. The third-order valence-electron chi connectivity index (χ3n) is 5.85. The predicted molar refractivity (Wildman–Crippen MR) is 149 cm³/mol. The molecule has 0 fully saturated rings. The monoisotopic (exact) mass is 531 g/mol. The minimum Gasteiger partial charge on any atom is -0.491 e. The Balaban J connectivity index is 1.63. The number of imide groups is 1. The molecule has 3 rings (SSSR count). The minimum absolute atomic E-state index is 0.107. The van der Waals surface area contributed by atoms with Crippen molar-refractivity contribution in [1.82, 2.24) is 5.32 Å². The van der Waals surface area contributed by atoms with Crippen molar-refractivity contribution in [2.24, 2.45) is 5.92 Å². The number of anilines is 2. The fourth-order valence-corrected chi connectivity index (χ4v) is 3.82. The van der Waals surface area contributed by atoms with Crippen molar-refractivity contribution in [3.63, 3.8) is 0 Å². The molecule has 3 amide bonds. The molecular formula is C30H33N3O6. The second-order valence-corrected chi connectivity index (χ2v) is 8.82. The summed E-state index contributed by atoms with van der Waals surface area (Å²) in [5.74, 6) is -0.460. The van der Waals surface area contributed by atoms with E-state index in [0.29, 0.717) is 41.1 Å². The molecule has 5 N–H and O–H groups in total. The van der Waals surface area contributed by atoms with Crippen molar-refractivity contribution in [3.05, 3.63) is 102 Å². The standard InChI is InChI=1S/C30H33N3O6/c1-21(9-5-8-14-27(35)32-26-13-7-6-12-25(26)31)28(22-15-17-24(18-16-22)38-20-19-34)39-30(37)33-29(36)23-10-3-2-4-11-23/h2-4,6-8,10-18,21,28,34H,5,9,19-20,31H2,1H3,(H,32,35)(H,33,36,37)/b14-8+/t21-,28+/m1/s1. The molecule has 3 aromatic rings. The molecule has 0 bridgehead atoms. The number of nitrogen functional groups attached to an aromatic ring is 1. The predicted octanol–water partition coefficient (Wildman–Crippen LogP) is 4.86. The maximum atomic E-state index is 12.7. The zero-order chi connectivity index (χ0) is 28.0. The second-order valence-electron chi connectivity index (χ2n) is 8.82. The molecule has 0 heterocycles. The molecule has 0 unspecified atom stereocenters. The molecule has 39 heavy (non-hydrogen) atoms. The van der Waals surface area contributed by atoms with E-state index in [1.54, 1.807) is 84.9 Å². The number of benzene rings is 3. The van der Waals surface area contributed by atoms with Crippen molar-refractivity contribution >= 4 is 29.3 Å². The van der Waals surface area contributed by atoms with Crippen LogP contribution in [0.3, 0.4) is 0 Å². The van der Waals surface area contributed by atoms with Crippen LogP contribution in [-0.2, 0) is 9.53 Å². The molecule has 0 saturated carbocycles. The Labute approximate surface area is 227 Å². The molecule has 0 radical (unpaired) electrons. The fourth-order valence-electron chi connectivity index (χ4n) is 3.82. The van der Waals surface area contributed by atoms with E-state index in [1.165, 1.54) is 6.08 Å². The number of nitrogens with one attached hydrogen (secondary N) is 2. The number of nitrogens with two attached hydrogens (primary N) is 1. The summed E-state index contributed by atoms with van der Waals surface area (Å²) in [5, 5.41) is 14.0. The van der Waals surface area contributed by atoms with E-state index in [0.717, 1.165) is 0 Å². The molecule has 204 valence electrons. The summed E-state index contributed by atoms with van der Waals surface area (Å²) >= 11 is 0. The lowest BCUT2D eigenvalue weighted by atomic mass is 9.93. The van der Waals surface area contributed by atoms with E-state index >= 15 is 0 Å². The Bertz CT molecular complexity index is 1260. The number of allylic oxidation sites excluding steroid dienone is 1. The van der Waals surface area contributed by atoms with E-state index in [1.807, 2.05) is 6.92 Å². The molecule has 0 aliphatic heterocycles. The first kappa shape index (κ1) is 28.9. The van der Waals surface area contributed by atoms with Gasteiger partial charge in [-0.05, 0) is 66.8 Å². The molecule has 0 aliphatic rings. The zero-order valence-corrected chi connectivity index (χ0v) is 21.7. The van der Waals surface area contributed by atoms with Gasteiger partial charge in [0.2, 0.25) is 5.91 Å². The largest absolute Gasteiger partial charge is 0.491 e. The van der Waals surface area contributed by atoms with Crippen LogP contribution in [0.25, 0.3) is 0 Å². The minimum atomic E-state index is -0.864. The van der Waals surface area contributed by atoms with Crippen LogP contribution in [0.15, 0.2) is 91.0 Å². The van der Waals surface area contributed by atoms with Crippen LogP contribution in [0.5, 0.6) is 5.75 Å². The highest BCUT2D eigenvalue weighted by molar-refractivity contribution is 6.03. The fraction of sp³-hybridized carbons (Fsp3) is 0.233. The number of hydrogen-bond acceptors (Lipinski definition) is 7. The average Bonchev–Trinajstić information content (AvgIpc) is 2.95. The highest BCUT2D eigenvalue weighted by Crippen LogP contribution is 2.31. The zero-order valence-electron chi connectivity index (χ0n) is 21.7. The Hall–Kier alpha value is -4.63.